The van der Waals surface area contributed by atoms with Crippen LogP contribution in [-0.2, 0) is 16.4 Å². The van der Waals surface area contributed by atoms with Crippen LogP contribution < -0.4 is 9.62 Å². The van der Waals surface area contributed by atoms with E-state index in [1.165, 1.54) is 28.6 Å². The predicted octanol–water partition coefficient (Wildman–Crippen LogP) is 5.39. The number of fused-ring (bicyclic) bond motifs is 1. The third kappa shape index (κ3) is 4.03. The molecule has 3 aromatic carbocycles. The number of carbonyl (C=O) groups excluding carboxylic acids is 1. The van der Waals surface area contributed by atoms with Crippen molar-refractivity contribution in [2.24, 2.45) is 0 Å². The van der Waals surface area contributed by atoms with Crippen molar-refractivity contribution in [2.45, 2.75) is 17.7 Å². The van der Waals surface area contributed by atoms with Crippen LogP contribution >= 0.6 is 23.2 Å². The molecule has 0 saturated heterocycles. The topological polar surface area (TPSA) is 66.5 Å². The highest BCUT2D eigenvalue weighted by molar-refractivity contribution is 7.92. The highest BCUT2D eigenvalue weighted by atomic mass is 35.5. The van der Waals surface area contributed by atoms with Gasteiger partial charge in [0.2, 0.25) is 0 Å². The van der Waals surface area contributed by atoms with Crippen molar-refractivity contribution in [3.63, 3.8) is 0 Å². The van der Waals surface area contributed by atoms with Crippen LogP contribution in [0.15, 0.2) is 71.6 Å². The van der Waals surface area contributed by atoms with E-state index in [4.69, 9.17) is 23.2 Å². The summed E-state index contributed by atoms with van der Waals surface area (Å²) < 4.78 is 27.8. The van der Waals surface area contributed by atoms with Gasteiger partial charge in [0.15, 0.2) is 0 Å². The monoisotopic (exact) mass is 460 g/mol. The van der Waals surface area contributed by atoms with Crippen molar-refractivity contribution in [3.8, 4) is 0 Å². The van der Waals surface area contributed by atoms with Crippen LogP contribution in [0.3, 0.4) is 0 Å². The zero-order chi connectivity index (χ0) is 21.3. The Balaban J connectivity index is 1.56. The average molecular weight is 461 g/mol. The Morgan fingerprint density at radius 2 is 1.70 bits per heavy atom. The number of amides is 1. The lowest BCUT2D eigenvalue weighted by Gasteiger charge is -2.30. The number of halogens is 2. The first-order chi connectivity index (χ1) is 14.4. The minimum atomic E-state index is -3.70. The molecular formula is C22H18Cl2N2O3S. The van der Waals surface area contributed by atoms with E-state index in [1.807, 2.05) is 24.3 Å². The fourth-order valence-corrected chi connectivity index (χ4v) is 5.49. The quantitative estimate of drug-likeness (QED) is 0.567. The van der Waals surface area contributed by atoms with Crippen molar-refractivity contribution < 1.29 is 13.2 Å². The molecule has 4 rings (SSSR count). The number of hydrogen-bond acceptors (Lipinski definition) is 3. The highest BCUT2D eigenvalue weighted by Crippen LogP contribution is 2.32. The van der Waals surface area contributed by atoms with E-state index in [0.717, 1.165) is 24.1 Å². The van der Waals surface area contributed by atoms with Crippen LogP contribution in [0.25, 0.3) is 0 Å². The number of benzene rings is 3. The lowest BCUT2D eigenvalue weighted by molar-refractivity contribution is 0.102. The van der Waals surface area contributed by atoms with Crippen molar-refractivity contribution in [1.82, 2.24) is 0 Å². The molecule has 0 saturated carbocycles. The summed E-state index contributed by atoms with van der Waals surface area (Å²) in [4.78, 5) is 12.6. The SMILES string of the molecule is O=C(Nc1ccc(S(=O)(=O)N2CCCc3ccccc32)cc1)c1ccc(Cl)cc1Cl. The van der Waals surface area contributed by atoms with Crippen LogP contribution in [0.5, 0.6) is 0 Å². The standard InChI is InChI=1S/C22H18Cl2N2O3S/c23-16-7-12-19(20(24)14-16)22(27)25-17-8-10-18(11-9-17)30(28,29)26-13-3-5-15-4-1-2-6-21(15)26/h1-2,4,6-12,14H,3,5,13H2,(H,25,27). The van der Waals surface area contributed by atoms with Gasteiger partial charge in [-0.05, 0) is 66.9 Å². The Kier molecular flexibility index (Phi) is 5.73. The molecule has 0 aromatic heterocycles. The van der Waals surface area contributed by atoms with Gasteiger partial charge in [0.25, 0.3) is 15.9 Å². The molecule has 5 nitrogen and oxygen atoms in total. The maximum absolute atomic E-state index is 13.2. The fourth-order valence-electron chi connectivity index (χ4n) is 3.46. The number of carbonyl (C=O) groups is 1. The molecule has 0 radical (unpaired) electrons. The van der Waals surface area contributed by atoms with Crippen LogP contribution in [-0.4, -0.2) is 20.9 Å². The Bertz CT molecular complexity index is 1210. The molecule has 1 N–H and O–H groups in total. The minimum Gasteiger partial charge on any atom is -0.322 e. The fraction of sp³-hybridized carbons (Fsp3) is 0.136. The summed E-state index contributed by atoms with van der Waals surface area (Å²) in [5.41, 5.74) is 2.49. The second-order valence-electron chi connectivity index (χ2n) is 6.91. The van der Waals surface area contributed by atoms with Gasteiger partial charge in [0, 0.05) is 17.3 Å². The van der Waals surface area contributed by atoms with Crippen LogP contribution in [0.4, 0.5) is 11.4 Å². The zero-order valence-corrected chi connectivity index (χ0v) is 18.1. The summed E-state index contributed by atoms with van der Waals surface area (Å²) in [6.45, 7) is 0.437. The minimum absolute atomic E-state index is 0.168. The normalized spacial score (nSPS) is 13.6. The largest absolute Gasteiger partial charge is 0.322 e. The van der Waals surface area contributed by atoms with E-state index >= 15 is 0 Å². The number of aryl methyl sites for hydroxylation is 1. The number of anilines is 2. The Morgan fingerprint density at radius 1 is 0.967 bits per heavy atom. The number of sulfonamides is 1. The molecule has 0 aliphatic carbocycles. The first-order valence-corrected chi connectivity index (χ1v) is 11.5. The van der Waals surface area contributed by atoms with Gasteiger partial charge in [-0.25, -0.2) is 8.42 Å². The molecule has 0 fully saturated rings. The molecule has 30 heavy (non-hydrogen) atoms. The molecule has 0 spiro atoms. The van der Waals surface area contributed by atoms with Gasteiger partial charge in [-0.15, -0.1) is 0 Å². The third-order valence-corrected chi connectivity index (χ3v) is 7.32. The predicted molar refractivity (Wildman–Crippen MR) is 120 cm³/mol. The van der Waals surface area contributed by atoms with E-state index in [0.29, 0.717) is 17.3 Å². The second-order valence-corrected chi connectivity index (χ2v) is 9.62. The Labute approximate surface area is 185 Å². The van der Waals surface area contributed by atoms with E-state index in [1.54, 1.807) is 18.2 Å². The number of nitrogens with zero attached hydrogens (tertiary/aromatic N) is 1. The Morgan fingerprint density at radius 3 is 2.43 bits per heavy atom. The lowest BCUT2D eigenvalue weighted by atomic mass is 10.0. The first-order valence-electron chi connectivity index (χ1n) is 9.33. The van der Waals surface area contributed by atoms with Gasteiger partial charge < -0.3 is 5.32 Å². The molecule has 1 aliphatic rings. The van der Waals surface area contributed by atoms with Crippen LogP contribution in [0.2, 0.25) is 10.0 Å². The lowest BCUT2D eigenvalue weighted by Crippen LogP contribution is -2.35. The average Bonchev–Trinajstić information content (AvgIpc) is 2.73. The summed E-state index contributed by atoms with van der Waals surface area (Å²) in [5.74, 6) is -0.405. The van der Waals surface area contributed by atoms with Crippen LogP contribution in [0, 0.1) is 0 Å². The molecule has 8 heteroatoms. The zero-order valence-electron chi connectivity index (χ0n) is 15.8. The van der Waals surface area contributed by atoms with Gasteiger partial charge in [0.1, 0.15) is 0 Å². The van der Waals surface area contributed by atoms with Crippen molar-refractivity contribution in [1.29, 1.82) is 0 Å². The van der Waals surface area contributed by atoms with E-state index in [9.17, 15) is 13.2 Å². The van der Waals surface area contributed by atoms with E-state index in [-0.39, 0.29) is 15.5 Å². The maximum atomic E-state index is 13.2. The molecule has 154 valence electrons. The van der Waals surface area contributed by atoms with Crippen LogP contribution in [0.1, 0.15) is 22.3 Å². The highest BCUT2D eigenvalue weighted by Gasteiger charge is 2.28. The second kappa shape index (κ2) is 8.30. The van der Waals surface area contributed by atoms with Gasteiger partial charge in [0.05, 0.1) is 21.2 Å². The number of nitrogens with one attached hydrogen (secondary N) is 1. The first kappa shape index (κ1) is 20.7. The van der Waals surface area contributed by atoms with Crippen molar-refractivity contribution in [2.75, 3.05) is 16.2 Å². The third-order valence-electron chi connectivity index (χ3n) is 4.94. The van der Waals surface area contributed by atoms with Gasteiger partial charge in [-0.3, -0.25) is 9.10 Å². The van der Waals surface area contributed by atoms with Crippen molar-refractivity contribution >= 4 is 50.5 Å². The molecule has 0 atom stereocenters. The molecule has 0 unspecified atom stereocenters. The maximum Gasteiger partial charge on any atom is 0.264 e. The van der Waals surface area contributed by atoms with Crippen molar-refractivity contribution in [3.05, 3.63) is 87.9 Å². The van der Waals surface area contributed by atoms with Gasteiger partial charge in [-0.1, -0.05) is 41.4 Å². The molecule has 1 amide bonds. The number of hydrogen-bond donors (Lipinski definition) is 1. The van der Waals surface area contributed by atoms with E-state index < -0.39 is 15.9 Å². The number of para-hydroxylation sites is 1. The summed E-state index contributed by atoms with van der Waals surface area (Å²) in [6, 6.07) is 18.2. The molecular weight excluding hydrogens is 443 g/mol. The Hall–Kier alpha value is -2.54. The van der Waals surface area contributed by atoms with E-state index in [2.05, 4.69) is 5.32 Å². The smallest absolute Gasteiger partial charge is 0.264 e. The summed E-state index contributed by atoms with van der Waals surface area (Å²) in [7, 11) is -3.70. The van der Waals surface area contributed by atoms with Gasteiger partial charge >= 0.3 is 0 Å². The molecule has 0 bridgehead atoms. The summed E-state index contributed by atoms with van der Waals surface area (Å²) in [6.07, 6.45) is 1.63. The molecule has 1 aliphatic heterocycles. The summed E-state index contributed by atoms with van der Waals surface area (Å²) >= 11 is 11.9. The molecule has 1 heterocycles. The van der Waals surface area contributed by atoms with Gasteiger partial charge in [-0.2, -0.15) is 0 Å². The molecule has 3 aromatic rings. The number of rotatable bonds is 4. The summed E-state index contributed by atoms with van der Waals surface area (Å²) in [5, 5.41) is 3.39.